The summed E-state index contributed by atoms with van der Waals surface area (Å²) in [5, 5.41) is 0. The Morgan fingerprint density at radius 3 is 2.44 bits per heavy atom. The van der Waals surface area contributed by atoms with Gasteiger partial charge in [-0.1, -0.05) is 48.0 Å². The number of ether oxygens (including phenoxy) is 1. The van der Waals surface area contributed by atoms with Crippen molar-refractivity contribution in [2.24, 2.45) is 4.99 Å². The molecule has 0 fully saturated rings. The second-order valence-corrected chi connectivity index (χ2v) is 4.54. The predicted molar refractivity (Wildman–Crippen MR) is 72.9 cm³/mol. The maximum atomic E-state index is 5.70. The second kappa shape index (κ2) is 4.65. The van der Waals surface area contributed by atoms with Crippen LogP contribution in [0.2, 0.25) is 0 Å². The molecule has 0 bridgehead atoms. The van der Waals surface area contributed by atoms with Crippen LogP contribution < -0.4 is 0 Å². The zero-order valence-corrected chi connectivity index (χ0v) is 10.3. The largest absolute Gasteiger partial charge is 0.475 e. The lowest BCUT2D eigenvalue weighted by Gasteiger charge is -2.03. The smallest absolute Gasteiger partial charge is 0.216 e. The van der Waals surface area contributed by atoms with Gasteiger partial charge in [0.05, 0.1) is 0 Å². The van der Waals surface area contributed by atoms with E-state index in [4.69, 9.17) is 4.74 Å². The Morgan fingerprint density at radius 2 is 1.72 bits per heavy atom. The van der Waals surface area contributed by atoms with Gasteiger partial charge in [-0.25, -0.2) is 4.99 Å². The Kier molecular flexibility index (Phi) is 2.85. The van der Waals surface area contributed by atoms with Crippen LogP contribution in [0.15, 0.2) is 59.6 Å². The van der Waals surface area contributed by atoms with E-state index in [0.717, 1.165) is 11.5 Å². The second-order valence-electron chi connectivity index (χ2n) is 4.54. The summed E-state index contributed by atoms with van der Waals surface area (Å²) < 4.78 is 5.70. The highest BCUT2D eigenvalue weighted by atomic mass is 16.5. The molecule has 0 saturated carbocycles. The number of hydrogen-bond acceptors (Lipinski definition) is 2. The minimum Gasteiger partial charge on any atom is -0.475 e. The van der Waals surface area contributed by atoms with E-state index in [1.165, 1.54) is 11.1 Å². The molecular weight excluding hydrogens is 222 g/mol. The summed E-state index contributed by atoms with van der Waals surface area (Å²) in [6, 6.07) is 18.7. The zero-order chi connectivity index (χ0) is 12.4. The van der Waals surface area contributed by atoms with Gasteiger partial charge in [-0.05, 0) is 24.6 Å². The van der Waals surface area contributed by atoms with Crippen molar-refractivity contribution in [2.45, 2.75) is 13.0 Å². The van der Waals surface area contributed by atoms with Crippen LogP contribution in [0.5, 0.6) is 0 Å². The Labute approximate surface area is 107 Å². The van der Waals surface area contributed by atoms with Crippen molar-refractivity contribution in [2.75, 3.05) is 6.61 Å². The summed E-state index contributed by atoms with van der Waals surface area (Å²) in [5.41, 5.74) is 3.51. The minimum absolute atomic E-state index is 0.127. The first-order valence-corrected chi connectivity index (χ1v) is 6.15. The molecule has 0 radical (unpaired) electrons. The van der Waals surface area contributed by atoms with Crippen LogP contribution in [0.25, 0.3) is 0 Å². The van der Waals surface area contributed by atoms with Gasteiger partial charge < -0.3 is 4.74 Å². The molecule has 2 aromatic rings. The van der Waals surface area contributed by atoms with E-state index in [-0.39, 0.29) is 6.04 Å². The van der Waals surface area contributed by atoms with Crippen molar-refractivity contribution >= 4 is 5.90 Å². The first-order valence-electron chi connectivity index (χ1n) is 6.15. The van der Waals surface area contributed by atoms with E-state index in [1.54, 1.807) is 0 Å². The van der Waals surface area contributed by atoms with Crippen LogP contribution in [0, 0.1) is 6.92 Å². The summed E-state index contributed by atoms with van der Waals surface area (Å²) in [4.78, 5) is 4.65. The Balaban J connectivity index is 1.86. The van der Waals surface area contributed by atoms with Gasteiger partial charge in [0.25, 0.3) is 0 Å². The molecule has 18 heavy (non-hydrogen) atoms. The SMILES string of the molecule is Cc1ccc(C2=N[C@H](c3ccccc3)CO2)cc1. The zero-order valence-electron chi connectivity index (χ0n) is 10.3. The molecule has 2 nitrogen and oxygen atoms in total. The highest BCUT2D eigenvalue weighted by Gasteiger charge is 2.21. The predicted octanol–water partition coefficient (Wildman–Crippen LogP) is 3.51. The summed E-state index contributed by atoms with van der Waals surface area (Å²) >= 11 is 0. The molecule has 1 atom stereocenters. The normalized spacial score (nSPS) is 18.3. The first kappa shape index (κ1) is 11.0. The molecule has 0 aliphatic carbocycles. The summed E-state index contributed by atoms with van der Waals surface area (Å²) in [6.07, 6.45) is 0. The molecule has 2 heteroatoms. The molecule has 2 aromatic carbocycles. The molecule has 1 heterocycles. The van der Waals surface area contributed by atoms with Crippen molar-refractivity contribution in [3.8, 4) is 0 Å². The summed E-state index contributed by atoms with van der Waals surface area (Å²) in [7, 11) is 0. The van der Waals surface area contributed by atoms with E-state index < -0.39 is 0 Å². The van der Waals surface area contributed by atoms with E-state index >= 15 is 0 Å². The molecule has 1 aliphatic rings. The highest BCUT2D eigenvalue weighted by molar-refractivity contribution is 5.95. The number of hydrogen-bond donors (Lipinski definition) is 0. The average Bonchev–Trinajstić information content (AvgIpc) is 2.90. The lowest BCUT2D eigenvalue weighted by atomic mass is 10.1. The fraction of sp³-hybridized carbons (Fsp3) is 0.188. The van der Waals surface area contributed by atoms with Crippen molar-refractivity contribution < 1.29 is 4.74 Å². The maximum Gasteiger partial charge on any atom is 0.216 e. The average molecular weight is 237 g/mol. The van der Waals surface area contributed by atoms with Crippen LogP contribution in [0.3, 0.4) is 0 Å². The number of benzene rings is 2. The van der Waals surface area contributed by atoms with Gasteiger partial charge in [0.15, 0.2) is 0 Å². The van der Waals surface area contributed by atoms with E-state index in [2.05, 4.69) is 48.3 Å². The summed E-state index contributed by atoms with van der Waals surface area (Å²) in [5.74, 6) is 0.754. The lowest BCUT2D eigenvalue weighted by Crippen LogP contribution is -2.01. The Morgan fingerprint density at radius 1 is 1.00 bits per heavy atom. The molecular formula is C16H15NO. The van der Waals surface area contributed by atoms with Gasteiger partial charge in [0, 0.05) is 5.56 Å². The number of rotatable bonds is 2. The lowest BCUT2D eigenvalue weighted by molar-refractivity contribution is 0.320. The van der Waals surface area contributed by atoms with Crippen molar-refractivity contribution in [1.29, 1.82) is 0 Å². The Bertz CT molecular complexity index is 557. The van der Waals surface area contributed by atoms with Crippen LogP contribution in [0.4, 0.5) is 0 Å². The molecule has 0 spiro atoms. The Hall–Kier alpha value is -2.09. The first-order chi connectivity index (χ1) is 8.83. The third-order valence-corrected chi connectivity index (χ3v) is 3.13. The molecule has 1 aliphatic heterocycles. The van der Waals surface area contributed by atoms with Crippen molar-refractivity contribution in [3.63, 3.8) is 0 Å². The fourth-order valence-electron chi connectivity index (χ4n) is 2.07. The fourth-order valence-corrected chi connectivity index (χ4v) is 2.07. The minimum atomic E-state index is 0.127. The quantitative estimate of drug-likeness (QED) is 0.783. The van der Waals surface area contributed by atoms with Crippen LogP contribution in [-0.4, -0.2) is 12.5 Å². The van der Waals surface area contributed by atoms with E-state index in [1.807, 2.05) is 18.2 Å². The van der Waals surface area contributed by atoms with Crippen molar-refractivity contribution in [1.82, 2.24) is 0 Å². The topological polar surface area (TPSA) is 21.6 Å². The monoisotopic (exact) mass is 237 g/mol. The summed E-state index contributed by atoms with van der Waals surface area (Å²) in [6.45, 7) is 2.71. The van der Waals surface area contributed by atoms with Crippen molar-refractivity contribution in [3.05, 3.63) is 71.3 Å². The molecule has 0 aromatic heterocycles. The van der Waals surface area contributed by atoms with Gasteiger partial charge >= 0.3 is 0 Å². The van der Waals surface area contributed by atoms with E-state index in [0.29, 0.717) is 6.61 Å². The third kappa shape index (κ3) is 2.14. The standard InChI is InChI=1S/C16H15NO/c1-12-7-9-14(10-8-12)16-17-15(11-18-16)13-5-3-2-4-6-13/h2-10,15H,11H2,1H3/t15-/m0/s1. The van der Waals surface area contributed by atoms with Crippen LogP contribution >= 0.6 is 0 Å². The van der Waals surface area contributed by atoms with Gasteiger partial charge in [0.2, 0.25) is 5.90 Å². The maximum absolute atomic E-state index is 5.70. The van der Waals surface area contributed by atoms with Gasteiger partial charge in [-0.15, -0.1) is 0 Å². The molecule has 90 valence electrons. The molecule has 3 rings (SSSR count). The van der Waals surface area contributed by atoms with Crippen LogP contribution in [-0.2, 0) is 4.74 Å². The molecule has 0 saturated heterocycles. The number of nitrogens with zero attached hydrogens (tertiary/aromatic N) is 1. The molecule has 0 N–H and O–H groups in total. The highest BCUT2D eigenvalue weighted by Crippen LogP contribution is 2.24. The third-order valence-electron chi connectivity index (χ3n) is 3.13. The van der Waals surface area contributed by atoms with E-state index in [9.17, 15) is 0 Å². The molecule has 0 unspecified atom stereocenters. The number of aliphatic imine (C=N–C) groups is 1. The van der Waals surface area contributed by atoms with Crippen LogP contribution in [0.1, 0.15) is 22.7 Å². The van der Waals surface area contributed by atoms with Gasteiger partial charge in [0.1, 0.15) is 12.6 Å². The molecule has 0 amide bonds. The van der Waals surface area contributed by atoms with Gasteiger partial charge in [-0.2, -0.15) is 0 Å². The number of aryl methyl sites for hydroxylation is 1. The van der Waals surface area contributed by atoms with Gasteiger partial charge in [-0.3, -0.25) is 0 Å².